The topological polar surface area (TPSA) is 47.4 Å². The van der Waals surface area contributed by atoms with Gasteiger partial charge in [-0.3, -0.25) is 4.79 Å². The predicted molar refractivity (Wildman–Crippen MR) is 89.9 cm³/mol. The van der Waals surface area contributed by atoms with Crippen LogP contribution in [0.4, 0.5) is 17.6 Å². The summed E-state index contributed by atoms with van der Waals surface area (Å²) in [5.41, 5.74) is 0. The van der Waals surface area contributed by atoms with Gasteiger partial charge in [-0.1, -0.05) is 6.42 Å². The number of hydrogen-bond acceptors (Lipinski definition) is 3. The van der Waals surface area contributed by atoms with E-state index in [2.05, 4.69) is 14.3 Å². The molecule has 0 atom stereocenters. The first kappa shape index (κ1) is 20.1. The molecule has 0 N–H and O–H groups in total. The lowest BCUT2D eigenvalue weighted by molar-refractivity contribution is -0.171. The number of rotatable bonds is 8. The maximum Gasteiger partial charge on any atom is 0.330 e. The molecule has 0 spiro atoms. The van der Waals surface area contributed by atoms with Gasteiger partial charge in [-0.05, 0) is 31.6 Å². The van der Waals surface area contributed by atoms with Crippen LogP contribution in [-0.2, 0) is 16.1 Å². The van der Waals surface area contributed by atoms with Gasteiger partial charge in [0.1, 0.15) is 19.0 Å². The van der Waals surface area contributed by atoms with Gasteiger partial charge < -0.3 is 14.2 Å². The first-order chi connectivity index (χ1) is 12.9. The summed E-state index contributed by atoms with van der Waals surface area (Å²) in [7, 11) is 0. The van der Waals surface area contributed by atoms with Crippen LogP contribution in [0.2, 0.25) is 0 Å². The first-order valence-electron chi connectivity index (χ1n) is 9.39. The minimum atomic E-state index is -4.23. The molecule has 1 saturated carbocycles. The number of amides is 1. The Bertz CT molecular complexity index is 626. The third kappa shape index (κ3) is 5.00. The molecule has 152 valence electrons. The van der Waals surface area contributed by atoms with Crippen molar-refractivity contribution in [3.05, 3.63) is 18.2 Å². The lowest BCUT2D eigenvalue weighted by Gasteiger charge is -2.33. The number of alkyl halides is 4. The summed E-state index contributed by atoms with van der Waals surface area (Å²) < 4.78 is 56.5. The minimum absolute atomic E-state index is 0.258. The molecule has 0 aromatic carbocycles. The van der Waals surface area contributed by atoms with E-state index in [0.717, 1.165) is 31.1 Å². The predicted octanol–water partition coefficient (Wildman–Crippen LogP) is 3.31. The fraction of sp³-hybridized carbons (Fsp3) is 0.778. The van der Waals surface area contributed by atoms with E-state index in [-0.39, 0.29) is 5.92 Å². The highest BCUT2D eigenvalue weighted by atomic mass is 19.3. The van der Waals surface area contributed by atoms with Gasteiger partial charge in [0.2, 0.25) is 5.91 Å². The third-order valence-corrected chi connectivity index (χ3v) is 5.48. The Labute approximate surface area is 155 Å². The summed E-state index contributed by atoms with van der Waals surface area (Å²) in [6.45, 7) is -0.113. The molecule has 1 saturated heterocycles. The number of nitrogens with zero attached hydrogens (tertiary/aromatic N) is 3. The normalized spacial score (nSPS) is 19.5. The standard InChI is InChI=1S/C18H25F4N3O2/c19-17(20)18(21,22)12-27-11-15(26)24-7-4-14(5-8-24)16-23-6-9-25(16)10-13-2-1-3-13/h6,9,13-14,17H,1-5,7-8,10-12H2. The molecule has 1 aromatic heterocycles. The van der Waals surface area contributed by atoms with Gasteiger partial charge in [0, 0.05) is 37.9 Å². The van der Waals surface area contributed by atoms with Crippen LogP contribution in [0, 0.1) is 5.92 Å². The summed E-state index contributed by atoms with van der Waals surface area (Å²) in [6.07, 6.45) is 5.30. The summed E-state index contributed by atoms with van der Waals surface area (Å²) in [5, 5.41) is 0. The Hall–Kier alpha value is -1.64. The molecule has 2 aliphatic rings. The number of ether oxygens (including phenoxy) is 1. The fourth-order valence-electron chi connectivity index (χ4n) is 3.60. The van der Waals surface area contributed by atoms with Gasteiger partial charge in [-0.25, -0.2) is 13.8 Å². The number of piperidine rings is 1. The van der Waals surface area contributed by atoms with Crippen LogP contribution in [0.5, 0.6) is 0 Å². The van der Waals surface area contributed by atoms with Crippen molar-refractivity contribution < 1.29 is 27.1 Å². The highest BCUT2D eigenvalue weighted by Crippen LogP contribution is 2.31. The van der Waals surface area contributed by atoms with Crippen molar-refractivity contribution >= 4 is 5.91 Å². The molecule has 1 aromatic rings. The second-order valence-corrected chi connectivity index (χ2v) is 7.44. The van der Waals surface area contributed by atoms with Gasteiger partial charge in [0.15, 0.2) is 0 Å². The van der Waals surface area contributed by atoms with E-state index in [1.54, 1.807) is 0 Å². The van der Waals surface area contributed by atoms with Crippen molar-refractivity contribution in [1.82, 2.24) is 14.5 Å². The zero-order valence-electron chi connectivity index (χ0n) is 15.1. The monoisotopic (exact) mass is 391 g/mol. The molecule has 2 heterocycles. The Kier molecular flexibility index (Phi) is 6.39. The molecule has 1 aliphatic carbocycles. The fourth-order valence-corrected chi connectivity index (χ4v) is 3.60. The van der Waals surface area contributed by atoms with Crippen molar-refractivity contribution in [2.24, 2.45) is 5.92 Å². The van der Waals surface area contributed by atoms with Crippen LogP contribution < -0.4 is 0 Å². The maximum atomic E-state index is 12.8. The number of carbonyl (C=O) groups excluding carboxylic acids is 1. The number of imidazole rings is 1. The smallest absolute Gasteiger partial charge is 0.330 e. The largest absolute Gasteiger partial charge is 0.365 e. The van der Waals surface area contributed by atoms with Gasteiger partial charge in [0.05, 0.1) is 0 Å². The molecule has 27 heavy (non-hydrogen) atoms. The number of halogens is 4. The maximum absolute atomic E-state index is 12.8. The minimum Gasteiger partial charge on any atom is -0.365 e. The Balaban J connectivity index is 1.43. The van der Waals surface area contributed by atoms with Crippen molar-refractivity contribution in [1.29, 1.82) is 0 Å². The van der Waals surface area contributed by atoms with E-state index in [1.165, 1.54) is 24.2 Å². The number of carbonyl (C=O) groups is 1. The Morgan fingerprint density at radius 2 is 1.96 bits per heavy atom. The first-order valence-corrected chi connectivity index (χ1v) is 9.39. The lowest BCUT2D eigenvalue weighted by Crippen LogP contribution is -2.41. The highest BCUT2D eigenvalue weighted by Gasteiger charge is 2.41. The summed E-state index contributed by atoms with van der Waals surface area (Å²) >= 11 is 0. The van der Waals surface area contributed by atoms with E-state index in [9.17, 15) is 22.4 Å². The Morgan fingerprint density at radius 3 is 2.56 bits per heavy atom. The van der Waals surface area contributed by atoms with Crippen molar-refractivity contribution in [3.63, 3.8) is 0 Å². The van der Waals surface area contributed by atoms with E-state index in [0.29, 0.717) is 13.1 Å². The van der Waals surface area contributed by atoms with Crippen molar-refractivity contribution in [2.75, 3.05) is 26.3 Å². The zero-order valence-corrected chi connectivity index (χ0v) is 15.1. The Morgan fingerprint density at radius 1 is 1.26 bits per heavy atom. The average Bonchev–Trinajstić information content (AvgIpc) is 3.06. The summed E-state index contributed by atoms with van der Waals surface area (Å²) in [4.78, 5) is 18.1. The van der Waals surface area contributed by atoms with Crippen LogP contribution in [0.3, 0.4) is 0 Å². The van der Waals surface area contributed by atoms with Gasteiger partial charge in [-0.2, -0.15) is 8.78 Å². The number of aromatic nitrogens is 2. The number of likely N-dealkylation sites (tertiary alicyclic amines) is 1. The molecule has 0 bridgehead atoms. The summed E-state index contributed by atoms with van der Waals surface area (Å²) in [6, 6.07) is 0. The molecule has 2 fully saturated rings. The quantitative estimate of drug-likeness (QED) is 0.639. The van der Waals surface area contributed by atoms with Crippen LogP contribution in [-0.4, -0.2) is 59.0 Å². The molecule has 1 aliphatic heterocycles. The molecule has 5 nitrogen and oxygen atoms in total. The molecule has 1 amide bonds. The number of hydrogen-bond donors (Lipinski definition) is 0. The van der Waals surface area contributed by atoms with E-state index < -0.39 is 31.5 Å². The van der Waals surface area contributed by atoms with E-state index in [1.807, 2.05) is 12.4 Å². The van der Waals surface area contributed by atoms with Crippen molar-refractivity contribution in [2.45, 2.75) is 56.9 Å². The molecular formula is C18H25F4N3O2. The van der Waals surface area contributed by atoms with Crippen LogP contribution >= 0.6 is 0 Å². The second kappa shape index (κ2) is 8.58. The van der Waals surface area contributed by atoms with Gasteiger partial charge in [0.25, 0.3) is 0 Å². The van der Waals surface area contributed by atoms with Crippen LogP contribution in [0.15, 0.2) is 12.4 Å². The molecule has 3 rings (SSSR count). The second-order valence-electron chi connectivity index (χ2n) is 7.44. The lowest BCUT2D eigenvalue weighted by atomic mass is 9.85. The zero-order chi connectivity index (χ0) is 19.4. The molecular weight excluding hydrogens is 366 g/mol. The SMILES string of the molecule is O=C(COCC(F)(F)C(F)F)N1CCC(c2nccn2CC2CCC2)CC1. The van der Waals surface area contributed by atoms with Crippen LogP contribution in [0.1, 0.15) is 43.8 Å². The third-order valence-electron chi connectivity index (χ3n) is 5.48. The van der Waals surface area contributed by atoms with Gasteiger partial charge in [-0.15, -0.1) is 0 Å². The van der Waals surface area contributed by atoms with Gasteiger partial charge >= 0.3 is 12.3 Å². The average molecular weight is 391 g/mol. The summed E-state index contributed by atoms with van der Waals surface area (Å²) in [5.74, 6) is -2.65. The van der Waals surface area contributed by atoms with E-state index >= 15 is 0 Å². The highest BCUT2D eigenvalue weighted by molar-refractivity contribution is 5.77. The van der Waals surface area contributed by atoms with Crippen LogP contribution in [0.25, 0.3) is 0 Å². The molecule has 9 heteroatoms. The molecule has 0 radical (unpaired) electrons. The molecule has 0 unspecified atom stereocenters. The van der Waals surface area contributed by atoms with Crippen molar-refractivity contribution in [3.8, 4) is 0 Å². The van der Waals surface area contributed by atoms with E-state index in [4.69, 9.17) is 0 Å².